The van der Waals surface area contributed by atoms with Gasteiger partial charge in [-0.25, -0.2) is 9.59 Å². The number of carbonyl (C=O) groups excluding carboxylic acids is 1. The molecule has 10 heteroatoms. The highest BCUT2D eigenvalue weighted by Crippen LogP contribution is 2.27. The predicted octanol–water partition coefficient (Wildman–Crippen LogP) is 5.45. The summed E-state index contributed by atoms with van der Waals surface area (Å²) < 4.78 is 39.0. The van der Waals surface area contributed by atoms with Gasteiger partial charge in [0.05, 0.1) is 12.2 Å². The summed E-state index contributed by atoms with van der Waals surface area (Å²) in [6, 6.07) is 22.0. The fourth-order valence-electron chi connectivity index (χ4n) is 3.60. The monoisotopic (exact) mass is 511 g/mol. The quantitative estimate of drug-likeness (QED) is 0.181. The first-order chi connectivity index (χ1) is 17.5. The Hall–Kier alpha value is -4.60. The van der Waals surface area contributed by atoms with Crippen molar-refractivity contribution in [3.05, 3.63) is 95.8 Å². The number of rotatable bonds is 6. The van der Waals surface area contributed by atoms with Gasteiger partial charge in [-0.2, -0.15) is 13.2 Å². The number of aliphatic carboxylic acids is 1. The fraction of sp³-hybridized carbons (Fsp3) is 0.148. The normalized spacial score (nSPS) is 10.9. The number of ether oxygens (including phenoxy) is 1. The Kier molecular flexibility index (Phi) is 8.33. The van der Waals surface area contributed by atoms with Gasteiger partial charge in [0.15, 0.2) is 0 Å². The second-order valence-electron chi connectivity index (χ2n) is 7.96. The standard InChI is InChI=1S/C25H23N3O2.C2HF3O2/c1-2-30-25(29)23-16-28(14-17-10-11-18-6-3-4-7-19(18)12-17)15-22(23)20-8-5-9-21(13-20)24(26)27;3-2(4,5)1(6)7/h3-13,15-16H,2,14H2,1H3,(H3,26,27);(H,6,7). The molecule has 0 aliphatic rings. The number of nitrogens with two attached hydrogens (primary N) is 1. The van der Waals surface area contributed by atoms with E-state index in [0.29, 0.717) is 24.3 Å². The summed E-state index contributed by atoms with van der Waals surface area (Å²) in [6.45, 7) is 2.73. The van der Waals surface area contributed by atoms with Gasteiger partial charge in [-0.15, -0.1) is 0 Å². The third kappa shape index (κ3) is 6.97. The number of nitrogens with zero attached hydrogens (tertiary/aromatic N) is 1. The van der Waals surface area contributed by atoms with Gasteiger partial charge in [0.2, 0.25) is 0 Å². The van der Waals surface area contributed by atoms with Crippen LogP contribution in [-0.4, -0.2) is 40.2 Å². The molecule has 0 atom stereocenters. The number of fused-ring (bicyclic) bond motifs is 1. The summed E-state index contributed by atoms with van der Waals surface area (Å²) in [6.07, 6.45) is -1.32. The summed E-state index contributed by atoms with van der Waals surface area (Å²) in [5.74, 6) is -3.13. The van der Waals surface area contributed by atoms with Gasteiger partial charge in [-0.05, 0) is 41.0 Å². The molecule has 0 aliphatic heterocycles. The van der Waals surface area contributed by atoms with Gasteiger partial charge < -0.3 is 20.1 Å². The van der Waals surface area contributed by atoms with E-state index in [1.807, 2.05) is 47.3 Å². The number of nitrogens with one attached hydrogen (secondary N) is 1. The number of amidine groups is 1. The van der Waals surface area contributed by atoms with Crippen LogP contribution in [0.3, 0.4) is 0 Å². The lowest BCUT2D eigenvalue weighted by Crippen LogP contribution is -2.21. The van der Waals surface area contributed by atoms with Crippen LogP contribution in [0.5, 0.6) is 0 Å². The number of nitrogen functional groups attached to an aromatic ring is 1. The van der Waals surface area contributed by atoms with Crippen molar-refractivity contribution >= 4 is 28.5 Å². The number of aromatic nitrogens is 1. The number of carbonyl (C=O) groups is 2. The molecule has 0 amide bonds. The third-order valence-electron chi connectivity index (χ3n) is 5.28. The number of hydrogen-bond acceptors (Lipinski definition) is 4. The molecule has 3 aromatic carbocycles. The first-order valence-corrected chi connectivity index (χ1v) is 11.1. The van der Waals surface area contributed by atoms with E-state index in [-0.39, 0.29) is 11.8 Å². The van der Waals surface area contributed by atoms with Crippen LogP contribution in [0, 0.1) is 5.41 Å². The molecular formula is C27H24F3N3O4. The maximum absolute atomic E-state index is 12.6. The first kappa shape index (κ1) is 27.0. The number of benzene rings is 3. The van der Waals surface area contributed by atoms with Crippen LogP contribution in [0.25, 0.3) is 21.9 Å². The number of alkyl halides is 3. The zero-order valence-corrected chi connectivity index (χ0v) is 19.8. The van der Waals surface area contributed by atoms with Gasteiger partial charge >= 0.3 is 18.1 Å². The highest BCUT2D eigenvalue weighted by atomic mass is 19.4. The zero-order chi connectivity index (χ0) is 27.2. The van der Waals surface area contributed by atoms with Crippen molar-refractivity contribution in [1.29, 1.82) is 5.41 Å². The molecule has 0 unspecified atom stereocenters. The highest BCUT2D eigenvalue weighted by molar-refractivity contribution is 5.99. The van der Waals surface area contributed by atoms with E-state index in [4.69, 9.17) is 25.8 Å². The molecular weight excluding hydrogens is 487 g/mol. The van der Waals surface area contributed by atoms with Gasteiger partial charge in [0.25, 0.3) is 0 Å². The maximum Gasteiger partial charge on any atom is 0.490 e. The highest BCUT2D eigenvalue weighted by Gasteiger charge is 2.38. The maximum atomic E-state index is 12.6. The smallest absolute Gasteiger partial charge is 0.475 e. The minimum absolute atomic E-state index is 0.00914. The molecule has 0 spiro atoms. The van der Waals surface area contributed by atoms with Crippen molar-refractivity contribution < 1.29 is 32.6 Å². The minimum atomic E-state index is -5.08. The van der Waals surface area contributed by atoms with Crippen LogP contribution in [0.2, 0.25) is 0 Å². The Morgan fingerprint density at radius 1 is 1.00 bits per heavy atom. The van der Waals surface area contributed by atoms with Gasteiger partial charge in [0.1, 0.15) is 5.84 Å². The molecule has 1 aromatic heterocycles. The summed E-state index contributed by atoms with van der Waals surface area (Å²) in [5.41, 5.74) is 9.48. The lowest BCUT2D eigenvalue weighted by molar-refractivity contribution is -0.192. The topological polar surface area (TPSA) is 118 Å². The van der Waals surface area contributed by atoms with Crippen molar-refractivity contribution in [3.63, 3.8) is 0 Å². The summed E-state index contributed by atoms with van der Waals surface area (Å²) in [5, 5.41) is 17.2. The average Bonchev–Trinajstić information content (AvgIpc) is 3.28. The second-order valence-corrected chi connectivity index (χ2v) is 7.96. The van der Waals surface area contributed by atoms with Gasteiger partial charge in [-0.1, -0.05) is 54.6 Å². The van der Waals surface area contributed by atoms with Crippen molar-refractivity contribution in [2.24, 2.45) is 5.73 Å². The van der Waals surface area contributed by atoms with Crippen molar-refractivity contribution in [2.75, 3.05) is 6.61 Å². The zero-order valence-electron chi connectivity index (χ0n) is 19.8. The molecule has 192 valence electrons. The predicted molar refractivity (Wildman–Crippen MR) is 134 cm³/mol. The van der Waals surface area contributed by atoms with Crippen LogP contribution < -0.4 is 5.73 Å². The van der Waals surface area contributed by atoms with E-state index in [1.165, 1.54) is 10.8 Å². The van der Waals surface area contributed by atoms with E-state index in [1.54, 1.807) is 13.0 Å². The molecule has 0 saturated carbocycles. The minimum Gasteiger partial charge on any atom is -0.475 e. The van der Waals surface area contributed by atoms with Crippen LogP contribution in [-0.2, 0) is 16.1 Å². The summed E-state index contributed by atoms with van der Waals surface area (Å²) in [7, 11) is 0. The van der Waals surface area contributed by atoms with Crippen LogP contribution >= 0.6 is 0 Å². The van der Waals surface area contributed by atoms with E-state index in [9.17, 15) is 18.0 Å². The second kappa shape index (κ2) is 11.4. The molecule has 4 aromatic rings. The van der Waals surface area contributed by atoms with E-state index < -0.39 is 12.1 Å². The van der Waals surface area contributed by atoms with E-state index >= 15 is 0 Å². The van der Waals surface area contributed by atoms with Gasteiger partial charge in [-0.3, -0.25) is 5.41 Å². The average molecular weight is 512 g/mol. The van der Waals surface area contributed by atoms with Crippen LogP contribution in [0.1, 0.15) is 28.4 Å². The Morgan fingerprint density at radius 2 is 1.68 bits per heavy atom. The lowest BCUT2D eigenvalue weighted by Gasteiger charge is -2.06. The molecule has 0 bridgehead atoms. The number of esters is 1. The van der Waals surface area contributed by atoms with Gasteiger partial charge in [0, 0.05) is 30.1 Å². The molecule has 0 radical (unpaired) electrons. The summed E-state index contributed by atoms with van der Waals surface area (Å²) >= 11 is 0. The molecule has 0 aliphatic carbocycles. The molecule has 1 heterocycles. The van der Waals surface area contributed by atoms with Crippen LogP contribution in [0.4, 0.5) is 13.2 Å². The Bertz CT molecular complexity index is 1440. The Labute approximate surface area is 210 Å². The van der Waals surface area contributed by atoms with Crippen LogP contribution in [0.15, 0.2) is 79.1 Å². The number of hydrogen-bond donors (Lipinski definition) is 3. The number of carboxylic acids is 1. The number of halogens is 3. The molecule has 4 N–H and O–H groups in total. The van der Waals surface area contributed by atoms with Crippen molar-refractivity contribution in [2.45, 2.75) is 19.6 Å². The first-order valence-electron chi connectivity index (χ1n) is 11.1. The molecule has 37 heavy (non-hydrogen) atoms. The molecule has 7 nitrogen and oxygen atoms in total. The lowest BCUT2D eigenvalue weighted by atomic mass is 10.0. The Balaban J connectivity index is 0.000000479. The SMILES string of the molecule is CCOC(=O)c1cn(Cc2ccc3ccccc3c2)cc1-c1cccc(C(=N)N)c1.O=C(O)C(F)(F)F. The Morgan fingerprint density at radius 3 is 2.30 bits per heavy atom. The summed E-state index contributed by atoms with van der Waals surface area (Å²) in [4.78, 5) is 21.5. The van der Waals surface area contributed by atoms with Crippen molar-refractivity contribution in [3.8, 4) is 11.1 Å². The van der Waals surface area contributed by atoms with Crippen molar-refractivity contribution in [1.82, 2.24) is 4.57 Å². The molecule has 0 fully saturated rings. The molecule has 4 rings (SSSR count). The third-order valence-corrected chi connectivity index (χ3v) is 5.28. The fourth-order valence-corrected chi connectivity index (χ4v) is 3.60. The number of carboxylic acid groups (broad SMARTS) is 1. The molecule has 0 saturated heterocycles. The van der Waals surface area contributed by atoms with E-state index in [0.717, 1.165) is 16.7 Å². The van der Waals surface area contributed by atoms with E-state index in [2.05, 4.69) is 30.3 Å². The largest absolute Gasteiger partial charge is 0.490 e.